The maximum absolute atomic E-state index is 12.1. The van der Waals surface area contributed by atoms with Crippen LogP contribution in [0.4, 0.5) is 11.4 Å². The zero-order valence-electron chi connectivity index (χ0n) is 16.0. The number of nitrogens with one attached hydrogen (secondary N) is 1. The highest BCUT2D eigenvalue weighted by atomic mass is 16.3. The molecule has 0 saturated carbocycles. The Morgan fingerprint density at radius 3 is 2.48 bits per heavy atom. The Bertz CT molecular complexity index is 747. The number of rotatable bonds is 6. The lowest BCUT2D eigenvalue weighted by molar-refractivity contribution is -0.116. The monoisotopic (exact) mass is 369 g/mol. The van der Waals surface area contributed by atoms with Gasteiger partial charge in [-0.1, -0.05) is 6.92 Å². The van der Waals surface area contributed by atoms with Crippen molar-refractivity contribution in [1.29, 1.82) is 0 Å². The van der Waals surface area contributed by atoms with E-state index in [0.717, 1.165) is 24.7 Å². The second-order valence-electron chi connectivity index (χ2n) is 7.09. The number of benzene rings is 1. The summed E-state index contributed by atoms with van der Waals surface area (Å²) in [7, 11) is 0. The van der Waals surface area contributed by atoms with Crippen LogP contribution >= 0.6 is 0 Å². The van der Waals surface area contributed by atoms with E-state index in [1.54, 1.807) is 17.0 Å². The number of hydrogen-bond donors (Lipinski definition) is 1. The molecule has 1 saturated heterocycles. The fraction of sp³-hybridized carbons (Fsp3) is 0.429. The van der Waals surface area contributed by atoms with Crippen molar-refractivity contribution in [3.05, 3.63) is 48.4 Å². The van der Waals surface area contributed by atoms with Crippen molar-refractivity contribution in [2.75, 3.05) is 36.0 Å². The number of carbonyl (C=O) groups is 2. The molecular formula is C21H27N3O3. The molecule has 1 aliphatic heterocycles. The average molecular weight is 369 g/mol. The van der Waals surface area contributed by atoms with E-state index >= 15 is 0 Å². The molecule has 6 heteroatoms. The van der Waals surface area contributed by atoms with Crippen LogP contribution in [0.5, 0.6) is 0 Å². The van der Waals surface area contributed by atoms with Gasteiger partial charge >= 0.3 is 0 Å². The maximum atomic E-state index is 12.1. The topological polar surface area (TPSA) is 65.8 Å². The van der Waals surface area contributed by atoms with Crippen molar-refractivity contribution >= 4 is 23.2 Å². The van der Waals surface area contributed by atoms with E-state index in [-0.39, 0.29) is 17.6 Å². The van der Waals surface area contributed by atoms with E-state index in [1.165, 1.54) is 31.7 Å². The maximum Gasteiger partial charge on any atom is 0.287 e. The molecule has 2 heterocycles. The predicted octanol–water partition coefficient (Wildman–Crippen LogP) is 3.30. The summed E-state index contributed by atoms with van der Waals surface area (Å²) in [6.07, 6.45) is 3.90. The highest BCUT2D eigenvalue weighted by molar-refractivity contribution is 5.93. The molecule has 2 aromatic rings. The summed E-state index contributed by atoms with van der Waals surface area (Å²) in [5.41, 5.74) is 2.03. The SMILES string of the molecule is CC(=O)N(CCNC(=O)c1ccco1)c1ccc(N2CCC(C)CC2)cc1. The first kappa shape index (κ1) is 19.0. The number of anilines is 2. The summed E-state index contributed by atoms with van der Waals surface area (Å²) in [6.45, 7) is 6.75. The zero-order valence-corrected chi connectivity index (χ0v) is 16.0. The Kier molecular flexibility index (Phi) is 6.16. The van der Waals surface area contributed by atoms with Crippen molar-refractivity contribution in [3.63, 3.8) is 0 Å². The molecule has 144 valence electrons. The molecule has 0 aliphatic carbocycles. The van der Waals surface area contributed by atoms with Gasteiger partial charge in [0.2, 0.25) is 5.91 Å². The third kappa shape index (κ3) is 4.90. The van der Waals surface area contributed by atoms with Crippen LogP contribution in [0.25, 0.3) is 0 Å². The molecule has 1 aliphatic rings. The van der Waals surface area contributed by atoms with Gasteiger partial charge < -0.3 is 19.5 Å². The van der Waals surface area contributed by atoms with Crippen LogP contribution in [0.15, 0.2) is 47.1 Å². The molecule has 0 bridgehead atoms. The van der Waals surface area contributed by atoms with Crippen LogP contribution in [0, 0.1) is 5.92 Å². The van der Waals surface area contributed by atoms with Gasteiger partial charge in [0, 0.05) is 44.5 Å². The van der Waals surface area contributed by atoms with Crippen LogP contribution in [0.2, 0.25) is 0 Å². The van der Waals surface area contributed by atoms with Gasteiger partial charge in [-0.05, 0) is 55.2 Å². The standard InChI is InChI=1S/C21H27N3O3/c1-16-9-12-23(13-10-16)18-5-7-19(8-6-18)24(17(2)25)14-11-22-21(26)20-4-3-15-27-20/h3-8,15-16H,9-14H2,1-2H3,(H,22,26). The number of furan rings is 1. The molecule has 1 aromatic heterocycles. The third-order valence-corrected chi connectivity index (χ3v) is 5.06. The lowest BCUT2D eigenvalue weighted by Gasteiger charge is -2.32. The summed E-state index contributed by atoms with van der Waals surface area (Å²) < 4.78 is 5.07. The van der Waals surface area contributed by atoms with Crippen molar-refractivity contribution in [2.24, 2.45) is 5.92 Å². The molecule has 2 amide bonds. The molecule has 1 N–H and O–H groups in total. The molecule has 27 heavy (non-hydrogen) atoms. The quantitative estimate of drug-likeness (QED) is 0.848. The van der Waals surface area contributed by atoms with E-state index in [2.05, 4.69) is 29.3 Å². The lowest BCUT2D eigenvalue weighted by atomic mass is 9.99. The van der Waals surface area contributed by atoms with Crippen molar-refractivity contribution in [1.82, 2.24) is 5.32 Å². The summed E-state index contributed by atoms with van der Waals surface area (Å²) in [6, 6.07) is 11.4. The van der Waals surface area contributed by atoms with Crippen LogP contribution < -0.4 is 15.1 Å². The third-order valence-electron chi connectivity index (χ3n) is 5.06. The Labute approximate surface area is 160 Å². The van der Waals surface area contributed by atoms with Gasteiger partial charge in [0.25, 0.3) is 5.91 Å². The summed E-state index contributed by atoms with van der Waals surface area (Å²) in [4.78, 5) is 28.0. The zero-order chi connectivity index (χ0) is 19.2. The largest absolute Gasteiger partial charge is 0.459 e. The van der Waals surface area contributed by atoms with Crippen LogP contribution in [0.1, 0.15) is 37.2 Å². The van der Waals surface area contributed by atoms with Gasteiger partial charge in [-0.2, -0.15) is 0 Å². The fourth-order valence-corrected chi connectivity index (χ4v) is 3.35. The molecular weight excluding hydrogens is 342 g/mol. The number of piperidine rings is 1. The Hall–Kier alpha value is -2.76. The minimum Gasteiger partial charge on any atom is -0.459 e. The average Bonchev–Trinajstić information content (AvgIpc) is 3.21. The van der Waals surface area contributed by atoms with Crippen molar-refractivity contribution < 1.29 is 14.0 Å². The summed E-state index contributed by atoms with van der Waals surface area (Å²) in [5.74, 6) is 0.731. The van der Waals surface area contributed by atoms with E-state index in [0.29, 0.717) is 13.1 Å². The summed E-state index contributed by atoms with van der Waals surface area (Å²) in [5, 5.41) is 2.77. The second kappa shape index (κ2) is 8.75. The first-order chi connectivity index (χ1) is 13.0. The molecule has 1 fully saturated rings. The molecule has 0 spiro atoms. The molecule has 6 nitrogen and oxygen atoms in total. The van der Waals surface area contributed by atoms with Gasteiger partial charge in [-0.25, -0.2) is 0 Å². The van der Waals surface area contributed by atoms with Crippen LogP contribution in [-0.4, -0.2) is 38.0 Å². The second-order valence-corrected chi connectivity index (χ2v) is 7.09. The van der Waals surface area contributed by atoms with Crippen LogP contribution in [0.3, 0.4) is 0 Å². The molecule has 0 unspecified atom stereocenters. The first-order valence-electron chi connectivity index (χ1n) is 9.49. The highest BCUT2D eigenvalue weighted by Gasteiger charge is 2.17. The Morgan fingerprint density at radius 1 is 1.19 bits per heavy atom. The minimum absolute atomic E-state index is 0.0539. The number of nitrogens with zero attached hydrogens (tertiary/aromatic N) is 2. The Morgan fingerprint density at radius 2 is 1.89 bits per heavy atom. The molecule has 0 atom stereocenters. The molecule has 0 radical (unpaired) electrons. The smallest absolute Gasteiger partial charge is 0.287 e. The minimum atomic E-state index is -0.279. The van der Waals surface area contributed by atoms with Gasteiger partial charge in [0.1, 0.15) is 0 Å². The van der Waals surface area contributed by atoms with Gasteiger partial charge in [0.15, 0.2) is 5.76 Å². The van der Waals surface area contributed by atoms with Gasteiger partial charge in [-0.3, -0.25) is 9.59 Å². The van der Waals surface area contributed by atoms with E-state index in [9.17, 15) is 9.59 Å². The van der Waals surface area contributed by atoms with Crippen molar-refractivity contribution in [2.45, 2.75) is 26.7 Å². The highest BCUT2D eigenvalue weighted by Crippen LogP contribution is 2.25. The van der Waals surface area contributed by atoms with E-state index in [4.69, 9.17) is 4.42 Å². The fourth-order valence-electron chi connectivity index (χ4n) is 3.35. The van der Waals surface area contributed by atoms with E-state index < -0.39 is 0 Å². The normalized spacial score (nSPS) is 14.8. The predicted molar refractivity (Wildman–Crippen MR) is 106 cm³/mol. The lowest BCUT2D eigenvalue weighted by Crippen LogP contribution is -2.37. The van der Waals surface area contributed by atoms with Gasteiger partial charge in [0.05, 0.1) is 6.26 Å². The summed E-state index contributed by atoms with van der Waals surface area (Å²) >= 11 is 0. The number of amides is 2. The van der Waals surface area contributed by atoms with Gasteiger partial charge in [-0.15, -0.1) is 0 Å². The Balaban J connectivity index is 1.57. The van der Waals surface area contributed by atoms with Crippen LogP contribution in [-0.2, 0) is 4.79 Å². The molecule has 3 rings (SSSR count). The van der Waals surface area contributed by atoms with E-state index in [1.807, 2.05) is 12.1 Å². The number of carbonyl (C=O) groups excluding carboxylic acids is 2. The van der Waals surface area contributed by atoms with Crippen molar-refractivity contribution in [3.8, 4) is 0 Å². The number of hydrogen-bond acceptors (Lipinski definition) is 4. The first-order valence-corrected chi connectivity index (χ1v) is 9.49. The molecule has 1 aromatic carbocycles.